The van der Waals surface area contributed by atoms with Crippen molar-refractivity contribution in [3.63, 3.8) is 0 Å². The average Bonchev–Trinajstić information content (AvgIpc) is 2.26. The number of benzene rings is 1. The second-order valence-corrected chi connectivity index (χ2v) is 2.95. The molecule has 82 valence electrons. The molecule has 3 N–H and O–H groups in total. The molecule has 1 amide bonds. The van der Waals surface area contributed by atoms with Gasteiger partial charge in [0.15, 0.2) is 11.6 Å². The Labute approximate surface area is 87.2 Å². The molecule has 0 saturated heterocycles. The third-order valence-corrected chi connectivity index (χ3v) is 1.89. The van der Waals surface area contributed by atoms with E-state index in [0.717, 1.165) is 0 Å². The lowest BCUT2D eigenvalue weighted by atomic mass is 10.2. The second-order valence-electron chi connectivity index (χ2n) is 2.95. The molecule has 1 aromatic rings. The summed E-state index contributed by atoms with van der Waals surface area (Å²) in [6.45, 7) is 0.190. The molecule has 0 radical (unpaired) electrons. The molecule has 1 aromatic carbocycles. The molecule has 0 aliphatic carbocycles. The van der Waals surface area contributed by atoms with Crippen molar-refractivity contribution in [2.24, 2.45) is 5.73 Å². The fourth-order valence-corrected chi connectivity index (χ4v) is 1.09. The molecular weight excluding hydrogens is 199 g/mol. The number of methoxy groups -OCH3 is 1. The standard InChI is InChI=1S/C10H13FN2O2/c1-15-9-3-2-7(4-8(9)11)6-13-10(14)5-12/h2-4H,5-6,12H2,1H3,(H,13,14). The largest absolute Gasteiger partial charge is 0.494 e. The van der Waals surface area contributed by atoms with Gasteiger partial charge < -0.3 is 15.8 Å². The zero-order valence-electron chi connectivity index (χ0n) is 8.42. The van der Waals surface area contributed by atoms with Crippen molar-refractivity contribution in [2.75, 3.05) is 13.7 Å². The van der Waals surface area contributed by atoms with E-state index >= 15 is 0 Å². The number of halogens is 1. The van der Waals surface area contributed by atoms with E-state index in [9.17, 15) is 9.18 Å². The maximum atomic E-state index is 13.2. The number of rotatable bonds is 4. The number of hydrogen-bond donors (Lipinski definition) is 2. The number of hydrogen-bond acceptors (Lipinski definition) is 3. The predicted molar refractivity (Wildman–Crippen MR) is 53.9 cm³/mol. The molecule has 4 nitrogen and oxygen atoms in total. The SMILES string of the molecule is COc1ccc(CNC(=O)CN)cc1F. The molecule has 5 heteroatoms. The third-order valence-electron chi connectivity index (χ3n) is 1.89. The number of nitrogens with one attached hydrogen (secondary N) is 1. The molecule has 15 heavy (non-hydrogen) atoms. The minimum Gasteiger partial charge on any atom is -0.494 e. The molecule has 1 rings (SSSR count). The normalized spacial score (nSPS) is 9.80. The van der Waals surface area contributed by atoms with Gasteiger partial charge in [-0.05, 0) is 17.7 Å². The summed E-state index contributed by atoms with van der Waals surface area (Å²) in [7, 11) is 1.40. The van der Waals surface area contributed by atoms with Crippen molar-refractivity contribution in [2.45, 2.75) is 6.54 Å². The smallest absolute Gasteiger partial charge is 0.234 e. The van der Waals surface area contributed by atoms with E-state index in [0.29, 0.717) is 5.56 Å². The molecule has 0 fully saturated rings. The van der Waals surface area contributed by atoms with Crippen molar-refractivity contribution in [3.05, 3.63) is 29.6 Å². The van der Waals surface area contributed by atoms with E-state index in [4.69, 9.17) is 10.5 Å². The van der Waals surface area contributed by atoms with Crippen molar-refractivity contribution >= 4 is 5.91 Å². The molecule has 0 aliphatic rings. The number of ether oxygens (including phenoxy) is 1. The Hall–Kier alpha value is -1.62. The Morgan fingerprint density at radius 2 is 2.33 bits per heavy atom. The van der Waals surface area contributed by atoms with E-state index in [-0.39, 0.29) is 24.7 Å². The van der Waals surface area contributed by atoms with Crippen LogP contribution in [0, 0.1) is 5.82 Å². The zero-order chi connectivity index (χ0) is 11.3. The molecule has 0 bridgehead atoms. The summed E-state index contributed by atoms with van der Waals surface area (Å²) >= 11 is 0. The first-order chi connectivity index (χ1) is 7.17. The van der Waals surface area contributed by atoms with Crippen LogP contribution in [-0.4, -0.2) is 19.6 Å². The summed E-state index contributed by atoms with van der Waals surface area (Å²) < 4.78 is 18.0. The van der Waals surface area contributed by atoms with E-state index < -0.39 is 5.82 Å². The van der Waals surface area contributed by atoms with Crippen LogP contribution in [0.4, 0.5) is 4.39 Å². The maximum absolute atomic E-state index is 13.2. The zero-order valence-corrected chi connectivity index (χ0v) is 8.42. The summed E-state index contributed by atoms with van der Waals surface area (Å²) in [5.74, 6) is -0.535. The van der Waals surface area contributed by atoms with Crippen molar-refractivity contribution in [3.8, 4) is 5.75 Å². The van der Waals surface area contributed by atoms with Crippen molar-refractivity contribution < 1.29 is 13.9 Å². The fourth-order valence-electron chi connectivity index (χ4n) is 1.09. The summed E-state index contributed by atoms with van der Waals surface area (Å²) in [5, 5.41) is 2.54. The summed E-state index contributed by atoms with van der Waals surface area (Å²) in [5.41, 5.74) is 5.77. The number of carbonyl (C=O) groups excluding carboxylic acids is 1. The van der Waals surface area contributed by atoms with Gasteiger partial charge in [0.25, 0.3) is 0 Å². The Morgan fingerprint density at radius 1 is 1.60 bits per heavy atom. The number of amides is 1. The van der Waals surface area contributed by atoms with Crippen molar-refractivity contribution in [1.29, 1.82) is 0 Å². The Morgan fingerprint density at radius 3 is 2.87 bits per heavy atom. The summed E-state index contributed by atoms with van der Waals surface area (Å²) in [6.07, 6.45) is 0. The molecular formula is C10H13FN2O2. The summed E-state index contributed by atoms with van der Waals surface area (Å²) in [4.78, 5) is 10.8. The van der Waals surface area contributed by atoms with Crippen LogP contribution < -0.4 is 15.8 Å². The van der Waals surface area contributed by atoms with Gasteiger partial charge in [-0.3, -0.25) is 4.79 Å². The highest BCUT2D eigenvalue weighted by Crippen LogP contribution is 2.17. The van der Waals surface area contributed by atoms with E-state index in [1.54, 1.807) is 6.07 Å². The topological polar surface area (TPSA) is 64.3 Å². The van der Waals surface area contributed by atoms with Crippen LogP contribution in [0.25, 0.3) is 0 Å². The van der Waals surface area contributed by atoms with E-state index in [1.807, 2.05) is 0 Å². The maximum Gasteiger partial charge on any atom is 0.234 e. The number of nitrogens with two attached hydrogens (primary N) is 1. The lowest BCUT2D eigenvalue weighted by molar-refractivity contribution is -0.119. The Bertz CT molecular complexity index is 355. The second kappa shape index (κ2) is 5.31. The van der Waals surface area contributed by atoms with Gasteiger partial charge in [-0.25, -0.2) is 4.39 Å². The van der Waals surface area contributed by atoms with Crippen LogP contribution in [-0.2, 0) is 11.3 Å². The summed E-state index contributed by atoms with van der Waals surface area (Å²) in [6, 6.07) is 4.51. The molecule has 0 unspecified atom stereocenters. The first-order valence-corrected chi connectivity index (χ1v) is 4.46. The highest BCUT2D eigenvalue weighted by molar-refractivity contribution is 5.77. The van der Waals surface area contributed by atoms with Gasteiger partial charge in [-0.2, -0.15) is 0 Å². The molecule has 0 spiro atoms. The van der Waals surface area contributed by atoms with Crippen LogP contribution in [0.3, 0.4) is 0 Å². The predicted octanol–water partition coefficient (Wildman–Crippen LogP) is 0.409. The minimum atomic E-state index is -0.447. The van der Waals surface area contributed by atoms with Gasteiger partial charge in [0.1, 0.15) is 0 Å². The first-order valence-electron chi connectivity index (χ1n) is 4.46. The van der Waals surface area contributed by atoms with Gasteiger partial charge in [-0.15, -0.1) is 0 Å². The van der Waals surface area contributed by atoms with Crippen LogP contribution in [0.5, 0.6) is 5.75 Å². The van der Waals surface area contributed by atoms with E-state index in [2.05, 4.69) is 5.32 Å². The van der Waals surface area contributed by atoms with Crippen LogP contribution in [0.15, 0.2) is 18.2 Å². The van der Waals surface area contributed by atoms with Gasteiger partial charge >= 0.3 is 0 Å². The average molecular weight is 212 g/mol. The highest BCUT2D eigenvalue weighted by Gasteiger charge is 2.04. The monoisotopic (exact) mass is 212 g/mol. The van der Waals surface area contributed by atoms with Gasteiger partial charge in [-0.1, -0.05) is 6.07 Å². The highest BCUT2D eigenvalue weighted by atomic mass is 19.1. The van der Waals surface area contributed by atoms with Crippen LogP contribution >= 0.6 is 0 Å². The lowest BCUT2D eigenvalue weighted by Crippen LogP contribution is -2.29. The molecule has 0 saturated carbocycles. The Kier molecular flexibility index (Phi) is 4.05. The van der Waals surface area contributed by atoms with Gasteiger partial charge in [0, 0.05) is 6.54 Å². The quantitative estimate of drug-likeness (QED) is 0.759. The lowest BCUT2D eigenvalue weighted by Gasteiger charge is -2.06. The van der Waals surface area contributed by atoms with E-state index in [1.165, 1.54) is 19.2 Å². The third kappa shape index (κ3) is 3.21. The molecule has 0 atom stereocenters. The number of carbonyl (C=O) groups is 1. The van der Waals surface area contributed by atoms with Crippen LogP contribution in [0.1, 0.15) is 5.56 Å². The fraction of sp³-hybridized carbons (Fsp3) is 0.300. The molecule has 0 aromatic heterocycles. The van der Waals surface area contributed by atoms with Crippen molar-refractivity contribution in [1.82, 2.24) is 5.32 Å². The first kappa shape index (κ1) is 11.5. The van der Waals surface area contributed by atoms with Gasteiger partial charge in [0.2, 0.25) is 5.91 Å². The molecule has 0 heterocycles. The Balaban J connectivity index is 2.63. The van der Waals surface area contributed by atoms with Crippen LogP contribution in [0.2, 0.25) is 0 Å². The minimum absolute atomic E-state index is 0.0708. The molecule has 0 aliphatic heterocycles. The van der Waals surface area contributed by atoms with Gasteiger partial charge in [0.05, 0.1) is 13.7 Å².